The summed E-state index contributed by atoms with van der Waals surface area (Å²) in [5, 5.41) is 11.5. The highest BCUT2D eigenvalue weighted by atomic mass is 19.1. The van der Waals surface area contributed by atoms with Crippen LogP contribution in [0, 0.1) is 5.82 Å². The highest BCUT2D eigenvalue weighted by Crippen LogP contribution is 2.23. The molecule has 0 N–H and O–H groups in total. The van der Waals surface area contributed by atoms with E-state index in [0.29, 0.717) is 0 Å². The fraction of sp³-hybridized carbons (Fsp3) is 0.238. The lowest BCUT2D eigenvalue weighted by atomic mass is 10.1. The summed E-state index contributed by atoms with van der Waals surface area (Å²) < 4.78 is 15.1. The van der Waals surface area contributed by atoms with Crippen LogP contribution in [0.1, 0.15) is 24.8 Å². The van der Waals surface area contributed by atoms with E-state index in [1.165, 1.54) is 31.4 Å². The Labute approximate surface area is 152 Å². The molecule has 0 aliphatic carbocycles. The van der Waals surface area contributed by atoms with Crippen molar-refractivity contribution >= 4 is 6.21 Å². The molecule has 0 saturated carbocycles. The van der Waals surface area contributed by atoms with Gasteiger partial charge in [0.25, 0.3) is 0 Å². The number of hydrogen-bond donors (Lipinski definition) is 0. The normalized spacial score (nSPS) is 14.9. The van der Waals surface area contributed by atoms with Gasteiger partial charge in [-0.15, -0.1) is 0 Å². The lowest BCUT2D eigenvalue weighted by molar-refractivity contribution is 0.240. The molecule has 132 valence electrons. The molecule has 4 nitrogen and oxygen atoms in total. The van der Waals surface area contributed by atoms with Crippen LogP contribution in [0.3, 0.4) is 0 Å². The van der Waals surface area contributed by atoms with E-state index in [-0.39, 0.29) is 5.82 Å². The highest BCUT2D eigenvalue weighted by Gasteiger charge is 2.12. The molecule has 0 bridgehead atoms. The van der Waals surface area contributed by atoms with Crippen LogP contribution < -0.4 is 0 Å². The van der Waals surface area contributed by atoms with Crippen LogP contribution in [-0.2, 0) is 0 Å². The summed E-state index contributed by atoms with van der Waals surface area (Å²) in [4.78, 5) is 0. The van der Waals surface area contributed by atoms with E-state index in [9.17, 15) is 4.39 Å². The fourth-order valence-electron chi connectivity index (χ4n) is 3.16. The SMILES string of the molecule is Fc1ccc(-c2nn(-c3ccccc3)cc2C=NN2CCCCC2)cc1. The minimum atomic E-state index is -0.250. The molecule has 1 aliphatic rings. The van der Waals surface area contributed by atoms with Gasteiger partial charge in [0.15, 0.2) is 0 Å². The summed E-state index contributed by atoms with van der Waals surface area (Å²) in [6.07, 6.45) is 7.49. The Hall–Kier alpha value is -2.95. The quantitative estimate of drug-likeness (QED) is 0.651. The van der Waals surface area contributed by atoms with Gasteiger partial charge in [-0.2, -0.15) is 10.2 Å². The van der Waals surface area contributed by atoms with Gasteiger partial charge in [-0.25, -0.2) is 9.07 Å². The smallest absolute Gasteiger partial charge is 0.123 e. The maximum atomic E-state index is 13.3. The molecule has 1 fully saturated rings. The summed E-state index contributed by atoms with van der Waals surface area (Å²) in [6, 6.07) is 16.4. The summed E-state index contributed by atoms with van der Waals surface area (Å²) >= 11 is 0. The molecular formula is C21H21FN4. The molecule has 3 aromatic rings. The number of aromatic nitrogens is 2. The van der Waals surface area contributed by atoms with Crippen molar-refractivity contribution in [1.82, 2.24) is 14.8 Å². The third-order valence-corrected chi connectivity index (χ3v) is 4.57. The van der Waals surface area contributed by atoms with Crippen LogP contribution >= 0.6 is 0 Å². The van der Waals surface area contributed by atoms with E-state index in [1.807, 2.05) is 47.4 Å². The molecule has 0 spiro atoms. The number of halogens is 1. The molecule has 0 atom stereocenters. The minimum Gasteiger partial charge on any atom is -0.297 e. The molecule has 1 aliphatic heterocycles. The Bertz CT molecular complexity index is 878. The summed E-state index contributed by atoms with van der Waals surface area (Å²) in [5.41, 5.74) is 3.58. The van der Waals surface area contributed by atoms with E-state index < -0.39 is 0 Å². The third-order valence-electron chi connectivity index (χ3n) is 4.57. The van der Waals surface area contributed by atoms with E-state index in [2.05, 4.69) is 10.1 Å². The molecule has 5 heteroatoms. The Morgan fingerprint density at radius 2 is 1.65 bits per heavy atom. The predicted octanol–water partition coefficient (Wildman–Crippen LogP) is 4.50. The predicted molar refractivity (Wildman–Crippen MR) is 102 cm³/mol. The lowest BCUT2D eigenvalue weighted by Gasteiger charge is -2.23. The van der Waals surface area contributed by atoms with Crippen molar-refractivity contribution in [1.29, 1.82) is 0 Å². The Kier molecular flexibility index (Phi) is 4.78. The van der Waals surface area contributed by atoms with Gasteiger partial charge in [-0.3, -0.25) is 5.01 Å². The van der Waals surface area contributed by atoms with Gasteiger partial charge in [-0.05, 0) is 55.7 Å². The Balaban J connectivity index is 1.71. The van der Waals surface area contributed by atoms with Gasteiger partial charge in [0.05, 0.1) is 11.9 Å². The van der Waals surface area contributed by atoms with Crippen LogP contribution in [0.15, 0.2) is 65.9 Å². The standard InChI is InChI=1S/C21H21FN4/c22-19-11-9-17(10-12-19)21-18(15-23-25-13-5-2-6-14-25)16-26(24-21)20-7-3-1-4-8-20/h1,3-4,7-12,15-16H,2,5-6,13-14H2. The van der Waals surface area contributed by atoms with Crippen molar-refractivity contribution in [2.45, 2.75) is 19.3 Å². The first-order valence-corrected chi connectivity index (χ1v) is 8.99. The van der Waals surface area contributed by atoms with Gasteiger partial charge >= 0.3 is 0 Å². The van der Waals surface area contributed by atoms with Crippen LogP contribution in [-0.4, -0.2) is 34.1 Å². The second-order valence-corrected chi connectivity index (χ2v) is 6.48. The molecule has 0 radical (unpaired) electrons. The third kappa shape index (κ3) is 3.67. The van der Waals surface area contributed by atoms with E-state index in [1.54, 1.807) is 12.1 Å². The fourth-order valence-corrected chi connectivity index (χ4v) is 3.16. The number of hydrogen-bond acceptors (Lipinski definition) is 3. The number of benzene rings is 2. The molecule has 2 aromatic carbocycles. The first kappa shape index (κ1) is 16.5. The zero-order valence-corrected chi connectivity index (χ0v) is 14.6. The zero-order chi connectivity index (χ0) is 17.8. The van der Waals surface area contributed by atoms with Gasteiger partial charge in [0.2, 0.25) is 0 Å². The second-order valence-electron chi connectivity index (χ2n) is 6.48. The highest BCUT2D eigenvalue weighted by molar-refractivity contribution is 5.88. The molecule has 2 heterocycles. The number of hydrazone groups is 1. The van der Waals surface area contributed by atoms with E-state index >= 15 is 0 Å². The average Bonchev–Trinajstić information content (AvgIpc) is 3.13. The van der Waals surface area contributed by atoms with Crippen molar-refractivity contribution in [3.8, 4) is 16.9 Å². The molecule has 0 unspecified atom stereocenters. The van der Waals surface area contributed by atoms with E-state index in [4.69, 9.17) is 5.10 Å². The maximum Gasteiger partial charge on any atom is 0.123 e. The monoisotopic (exact) mass is 348 g/mol. The number of para-hydroxylation sites is 1. The number of rotatable bonds is 4. The minimum absolute atomic E-state index is 0.250. The summed E-state index contributed by atoms with van der Waals surface area (Å²) in [6.45, 7) is 1.99. The largest absolute Gasteiger partial charge is 0.297 e. The van der Waals surface area contributed by atoms with Gasteiger partial charge < -0.3 is 0 Å². The number of nitrogens with zero attached hydrogens (tertiary/aromatic N) is 4. The topological polar surface area (TPSA) is 33.4 Å². The molecule has 26 heavy (non-hydrogen) atoms. The van der Waals surface area contributed by atoms with Crippen LogP contribution in [0.2, 0.25) is 0 Å². The van der Waals surface area contributed by atoms with Crippen LogP contribution in [0.4, 0.5) is 4.39 Å². The van der Waals surface area contributed by atoms with Crippen molar-refractivity contribution in [2.24, 2.45) is 5.10 Å². The van der Waals surface area contributed by atoms with Crippen LogP contribution in [0.5, 0.6) is 0 Å². The first-order chi connectivity index (χ1) is 12.8. The van der Waals surface area contributed by atoms with Crippen LogP contribution in [0.25, 0.3) is 16.9 Å². The first-order valence-electron chi connectivity index (χ1n) is 8.99. The molecule has 4 rings (SSSR count). The summed E-state index contributed by atoms with van der Waals surface area (Å²) in [5.74, 6) is -0.250. The number of piperidine rings is 1. The molecule has 1 aromatic heterocycles. The van der Waals surface area contributed by atoms with Crippen molar-refractivity contribution in [3.63, 3.8) is 0 Å². The summed E-state index contributed by atoms with van der Waals surface area (Å²) in [7, 11) is 0. The van der Waals surface area contributed by atoms with Gasteiger partial charge in [-0.1, -0.05) is 18.2 Å². The second kappa shape index (κ2) is 7.52. The molecular weight excluding hydrogens is 327 g/mol. The van der Waals surface area contributed by atoms with Gasteiger partial charge in [0.1, 0.15) is 11.5 Å². The molecule has 1 saturated heterocycles. The Morgan fingerprint density at radius 1 is 0.923 bits per heavy atom. The Morgan fingerprint density at radius 3 is 2.38 bits per heavy atom. The van der Waals surface area contributed by atoms with Crippen molar-refractivity contribution < 1.29 is 4.39 Å². The maximum absolute atomic E-state index is 13.3. The van der Waals surface area contributed by atoms with Crippen molar-refractivity contribution in [3.05, 3.63) is 72.2 Å². The van der Waals surface area contributed by atoms with E-state index in [0.717, 1.165) is 35.6 Å². The van der Waals surface area contributed by atoms with Crippen molar-refractivity contribution in [2.75, 3.05) is 13.1 Å². The molecule has 0 amide bonds. The average molecular weight is 348 g/mol. The zero-order valence-electron chi connectivity index (χ0n) is 14.6. The lowest BCUT2D eigenvalue weighted by Crippen LogP contribution is -2.24. The van der Waals surface area contributed by atoms with Gasteiger partial charge in [0, 0.05) is 30.4 Å².